The molecule has 5 heterocycles. The van der Waals surface area contributed by atoms with Crippen LogP contribution in [0.25, 0.3) is 39.0 Å². The maximum absolute atomic E-state index is 16.6. The molecule has 49 heavy (non-hydrogen) atoms. The van der Waals surface area contributed by atoms with Crippen molar-refractivity contribution in [3.63, 3.8) is 0 Å². The van der Waals surface area contributed by atoms with Gasteiger partial charge in [-0.1, -0.05) is 24.3 Å². The van der Waals surface area contributed by atoms with Crippen molar-refractivity contribution in [1.82, 2.24) is 29.7 Å². The van der Waals surface area contributed by atoms with Crippen molar-refractivity contribution in [3.8, 4) is 23.3 Å². The molecule has 0 radical (unpaired) electrons. The fraction of sp³-hybridized carbons (Fsp3) is 0.314. The van der Waals surface area contributed by atoms with Crippen LogP contribution in [0, 0.1) is 23.0 Å². The largest absolute Gasteiger partial charge is 0.462 e. The van der Waals surface area contributed by atoms with E-state index in [1.165, 1.54) is 40.8 Å². The second-order valence-electron chi connectivity index (χ2n) is 12.1. The molecule has 2 fully saturated rings. The Labute approximate surface area is 284 Å². The molecule has 2 aliphatic heterocycles. The third-order valence-electron chi connectivity index (χ3n) is 9.10. The first-order chi connectivity index (χ1) is 23.8. The molecule has 2 aliphatic rings. The van der Waals surface area contributed by atoms with E-state index in [1.54, 1.807) is 23.6 Å². The number of benzene rings is 2. The van der Waals surface area contributed by atoms with Gasteiger partial charge in [0.15, 0.2) is 11.6 Å². The van der Waals surface area contributed by atoms with Crippen molar-refractivity contribution < 1.29 is 22.7 Å². The number of anilines is 1. The van der Waals surface area contributed by atoms with Crippen LogP contribution in [0.1, 0.15) is 24.3 Å². The fourth-order valence-corrected chi connectivity index (χ4v) is 7.09. The fourth-order valence-electron chi connectivity index (χ4n) is 6.54. The Morgan fingerprint density at radius 3 is 2.78 bits per heavy atom. The molecule has 0 N–H and O–H groups in total. The number of carbonyl (C=O) groups is 1. The quantitative estimate of drug-likeness (QED) is 0.182. The van der Waals surface area contributed by atoms with Gasteiger partial charge in [-0.25, -0.2) is 18.2 Å². The van der Waals surface area contributed by atoms with Crippen molar-refractivity contribution in [2.75, 3.05) is 44.7 Å². The van der Waals surface area contributed by atoms with Crippen LogP contribution < -0.4 is 9.64 Å². The van der Waals surface area contributed by atoms with Crippen molar-refractivity contribution in [3.05, 3.63) is 76.6 Å². The number of likely N-dealkylation sites (tertiary alicyclic amines) is 1. The predicted octanol–water partition coefficient (Wildman–Crippen LogP) is 5.99. The first-order valence-corrected chi connectivity index (χ1v) is 16.8. The van der Waals surface area contributed by atoms with Gasteiger partial charge in [0.25, 0.3) is 5.91 Å². The molecule has 2 atom stereocenters. The van der Waals surface area contributed by atoms with E-state index in [0.29, 0.717) is 33.8 Å². The van der Waals surface area contributed by atoms with Crippen LogP contribution in [0.3, 0.4) is 0 Å². The molecule has 0 spiro atoms. The first kappa shape index (κ1) is 32.4. The summed E-state index contributed by atoms with van der Waals surface area (Å²) in [5, 5.41) is 13.2. The molecule has 250 valence electrons. The second kappa shape index (κ2) is 13.8. The number of hydrogen-bond donors (Lipinski definition) is 0. The molecule has 10 nitrogen and oxygen atoms in total. The summed E-state index contributed by atoms with van der Waals surface area (Å²) in [4.78, 5) is 36.3. The Balaban J connectivity index is 1.27. The van der Waals surface area contributed by atoms with Gasteiger partial charge in [0.1, 0.15) is 34.5 Å². The van der Waals surface area contributed by atoms with E-state index >= 15 is 8.78 Å². The van der Waals surface area contributed by atoms with Gasteiger partial charge >= 0.3 is 6.01 Å². The number of piperazine rings is 1. The summed E-state index contributed by atoms with van der Waals surface area (Å²) in [7, 11) is 2.02. The number of hydrogen-bond acceptors (Lipinski definition) is 10. The van der Waals surface area contributed by atoms with Crippen LogP contribution in [0.4, 0.5) is 19.0 Å². The number of pyridine rings is 1. The van der Waals surface area contributed by atoms with Crippen molar-refractivity contribution in [2.45, 2.75) is 31.3 Å². The Hall–Kier alpha value is -5.13. The van der Waals surface area contributed by atoms with Gasteiger partial charge in [0.05, 0.1) is 23.9 Å². The van der Waals surface area contributed by atoms with Crippen molar-refractivity contribution in [2.24, 2.45) is 0 Å². The van der Waals surface area contributed by atoms with Crippen LogP contribution in [0.15, 0.2) is 60.0 Å². The smallest absolute Gasteiger partial charge is 0.319 e. The molecule has 2 aromatic carbocycles. The van der Waals surface area contributed by atoms with E-state index in [1.807, 2.05) is 18.0 Å². The number of fused-ring (bicyclic) bond motifs is 2. The number of carbonyl (C=O) groups excluding carboxylic acids is 1. The van der Waals surface area contributed by atoms with Crippen LogP contribution in [0.5, 0.6) is 6.01 Å². The molecular weight excluding hydrogens is 654 g/mol. The monoisotopic (exact) mass is 684 g/mol. The van der Waals surface area contributed by atoms with Gasteiger partial charge in [-0.15, -0.1) is 11.3 Å². The third kappa shape index (κ3) is 6.51. The molecule has 0 aliphatic carbocycles. The molecule has 2 saturated heterocycles. The number of thiazole rings is 1. The maximum Gasteiger partial charge on any atom is 0.319 e. The summed E-state index contributed by atoms with van der Waals surface area (Å²) in [6.07, 6.45) is 5.99. The van der Waals surface area contributed by atoms with E-state index in [0.717, 1.165) is 30.8 Å². The Kier molecular flexibility index (Phi) is 9.11. The Morgan fingerprint density at radius 1 is 1.12 bits per heavy atom. The molecule has 3 aromatic heterocycles. The SMILES string of the molecule is CN1CCC[C@H]1COc1nc(N2CCN(C(=O)/C(F)=C/c3nccs3)[C@@H](CC#N)C2)c2cnc(-c3cccc4ccc(F)cc34)c(F)c2n1. The number of likely N-dealkylation sites (N-methyl/N-ethyl adjacent to an activating group) is 1. The summed E-state index contributed by atoms with van der Waals surface area (Å²) in [5.41, 5.74) is 0.363. The van der Waals surface area contributed by atoms with Gasteiger partial charge in [0, 0.05) is 55.1 Å². The van der Waals surface area contributed by atoms with Gasteiger partial charge in [-0.05, 0) is 49.3 Å². The summed E-state index contributed by atoms with van der Waals surface area (Å²) < 4.78 is 52.1. The number of rotatable bonds is 8. The van der Waals surface area contributed by atoms with E-state index in [9.17, 15) is 14.4 Å². The van der Waals surface area contributed by atoms with Crippen LogP contribution in [-0.4, -0.2) is 87.6 Å². The van der Waals surface area contributed by atoms with E-state index < -0.39 is 29.4 Å². The zero-order valence-electron chi connectivity index (χ0n) is 26.5. The van der Waals surface area contributed by atoms with E-state index in [2.05, 4.69) is 25.9 Å². The highest BCUT2D eigenvalue weighted by Gasteiger charge is 2.34. The molecule has 1 amide bonds. The van der Waals surface area contributed by atoms with Crippen LogP contribution in [0.2, 0.25) is 0 Å². The lowest BCUT2D eigenvalue weighted by Gasteiger charge is -2.41. The normalized spacial score (nSPS) is 18.7. The van der Waals surface area contributed by atoms with Gasteiger partial charge < -0.3 is 19.4 Å². The molecule has 0 saturated carbocycles. The Morgan fingerprint density at radius 2 is 2.00 bits per heavy atom. The van der Waals surface area contributed by atoms with Crippen molar-refractivity contribution >= 4 is 50.8 Å². The average Bonchev–Trinajstić information content (AvgIpc) is 3.78. The molecule has 7 rings (SSSR count). The lowest BCUT2D eigenvalue weighted by Crippen LogP contribution is -2.55. The number of ether oxygens (including phenoxy) is 1. The topological polar surface area (TPSA) is 111 Å². The summed E-state index contributed by atoms with van der Waals surface area (Å²) >= 11 is 1.20. The van der Waals surface area contributed by atoms with E-state index in [-0.39, 0.29) is 49.3 Å². The predicted molar refractivity (Wildman–Crippen MR) is 180 cm³/mol. The highest BCUT2D eigenvalue weighted by molar-refractivity contribution is 7.10. The number of nitriles is 1. The van der Waals surface area contributed by atoms with Crippen LogP contribution in [-0.2, 0) is 4.79 Å². The summed E-state index contributed by atoms with van der Waals surface area (Å²) in [5.74, 6) is -2.68. The van der Waals surface area contributed by atoms with Crippen LogP contribution >= 0.6 is 11.3 Å². The maximum atomic E-state index is 16.6. The minimum atomic E-state index is -0.974. The summed E-state index contributed by atoms with van der Waals surface area (Å²) in [6.45, 7) is 1.64. The second-order valence-corrected chi connectivity index (χ2v) is 13.0. The zero-order chi connectivity index (χ0) is 34.1. The number of nitrogens with zero attached hydrogens (tertiary/aromatic N) is 8. The zero-order valence-corrected chi connectivity index (χ0v) is 27.3. The lowest BCUT2D eigenvalue weighted by atomic mass is 10.0. The highest BCUT2D eigenvalue weighted by Crippen LogP contribution is 2.36. The highest BCUT2D eigenvalue weighted by atomic mass is 32.1. The molecule has 14 heteroatoms. The van der Waals surface area contributed by atoms with Gasteiger partial charge in [-0.3, -0.25) is 9.78 Å². The number of halogens is 3. The minimum absolute atomic E-state index is 0.00454. The van der Waals surface area contributed by atoms with Gasteiger partial charge in [-0.2, -0.15) is 15.2 Å². The standard InChI is InChI=1S/C35H31F3N8O2S/c1-44-12-3-5-24(44)20-48-35-42-32-27(18-41-31(30(32)38)25-6-2-4-21-7-8-22(36)16-26(21)25)33(43-35)45-13-14-46(23(19-45)9-10-39)34(47)28(37)17-29-40-11-15-49-29/h2,4,6-8,11,15-18,23-24H,3,5,9,12-14,19-20H2,1H3/b28-17-/t23-,24-/m0/s1. The molecule has 0 unspecified atom stereocenters. The first-order valence-electron chi connectivity index (χ1n) is 15.9. The Bertz CT molecular complexity index is 2100. The van der Waals surface area contributed by atoms with E-state index in [4.69, 9.17) is 9.72 Å². The average molecular weight is 685 g/mol. The number of aromatic nitrogens is 4. The lowest BCUT2D eigenvalue weighted by molar-refractivity contribution is -0.131. The molecule has 5 aromatic rings. The van der Waals surface area contributed by atoms with Gasteiger partial charge in [0.2, 0.25) is 0 Å². The third-order valence-corrected chi connectivity index (χ3v) is 9.82. The molecule has 0 bridgehead atoms. The molecular formula is C35H31F3N8O2S. The minimum Gasteiger partial charge on any atom is -0.462 e. The number of amides is 1. The van der Waals surface area contributed by atoms with Crippen molar-refractivity contribution in [1.29, 1.82) is 5.26 Å². The summed E-state index contributed by atoms with van der Waals surface area (Å²) in [6, 6.07) is 11.1.